The van der Waals surface area contributed by atoms with Gasteiger partial charge in [-0.2, -0.15) is 0 Å². The van der Waals surface area contributed by atoms with Gasteiger partial charge in [-0.25, -0.2) is 0 Å². The van der Waals surface area contributed by atoms with Crippen molar-refractivity contribution < 1.29 is 29.2 Å². The van der Waals surface area contributed by atoms with Crippen molar-refractivity contribution in [2.24, 2.45) is 11.8 Å². The predicted molar refractivity (Wildman–Crippen MR) is 129 cm³/mol. The SMILES string of the molecule is COC(=O)CCCCCCC1C(O)CC(OC2CCCCO2)C1C(O)[Si](C)(C)C(C)(C)C. The molecule has 1 aliphatic carbocycles. The number of methoxy groups -OCH3 is 1. The van der Waals surface area contributed by atoms with Crippen LogP contribution in [0.3, 0.4) is 0 Å². The van der Waals surface area contributed by atoms with E-state index in [0.29, 0.717) is 12.8 Å². The van der Waals surface area contributed by atoms with Crippen LogP contribution < -0.4 is 0 Å². The zero-order valence-electron chi connectivity index (χ0n) is 21.3. The molecule has 0 aromatic heterocycles. The lowest BCUT2D eigenvalue weighted by Crippen LogP contribution is -2.56. The van der Waals surface area contributed by atoms with E-state index in [1.165, 1.54) is 7.11 Å². The molecule has 2 fully saturated rings. The number of rotatable bonds is 11. The minimum absolute atomic E-state index is 0.0355. The molecule has 7 heteroatoms. The van der Waals surface area contributed by atoms with Gasteiger partial charge in [0.1, 0.15) is 0 Å². The number of aliphatic hydroxyl groups is 2. The Kier molecular flexibility index (Phi) is 10.7. The van der Waals surface area contributed by atoms with Crippen molar-refractivity contribution >= 4 is 14.0 Å². The van der Waals surface area contributed by atoms with Crippen LogP contribution in [-0.2, 0) is 19.0 Å². The van der Waals surface area contributed by atoms with E-state index >= 15 is 0 Å². The molecule has 6 unspecified atom stereocenters. The Hall–Kier alpha value is -0.473. The summed E-state index contributed by atoms with van der Waals surface area (Å²) in [4.78, 5) is 11.3. The molecule has 2 rings (SSSR count). The molecule has 0 radical (unpaired) electrons. The van der Waals surface area contributed by atoms with Crippen LogP contribution in [0.1, 0.15) is 85.0 Å². The van der Waals surface area contributed by atoms with Gasteiger partial charge in [0, 0.05) is 25.4 Å². The molecule has 0 aromatic rings. The molecule has 32 heavy (non-hydrogen) atoms. The summed E-state index contributed by atoms with van der Waals surface area (Å²) >= 11 is 0. The fourth-order valence-electron chi connectivity index (χ4n) is 5.11. The van der Waals surface area contributed by atoms with Gasteiger partial charge in [0.2, 0.25) is 0 Å². The third kappa shape index (κ3) is 7.26. The first-order valence-corrected chi connectivity index (χ1v) is 15.8. The molecule has 0 spiro atoms. The second kappa shape index (κ2) is 12.3. The maximum Gasteiger partial charge on any atom is 0.305 e. The van der Waals surface area contributed by atoms with E-state index in [0.717, 1.165) is 58.0 Å². The minimum Gasteiger partial charge on any atom is -0.469 e. The number of carbonyl (C=O) groups excluding carboxylic acids is 1. The predicted octanol–water partition coefficient (Wildman–Crippen LogP) is 4.82. The molecule has 1 heterocycles. The van der Waals surface area contributed by atoms with Crippen molar-refractivity contribution in [1.29, 1.82) is 0 Å². The molecular weight excluding hydrogens is 424 g/mol. The standard InChI is InChI=1S/C25H48O6Si/c1-25(2,3)32(5,6)24(28)23-18(13-9-7-8-10-14-21(27)29-4)19(26)17-20(23)31-22-15-11-12-16-30-22/h18-20,22-24,26,28H,7-17H2,1-6H3. The molecule has 1 saturated carbocycles. The summed E-state index contributed by atoms with van der Waals surface area (Å²) in [6.45, 7) is 11.9. The Morgan fingerprint density at radius 3 is 2.44 bits per heavy atom. The monoisotopic (exact) mass is 472 g/mol. The quantitative estimate of drug-likeness (QED) is 0.255. The third-order valence-corrected chi connectivity index (χ3v) is 14.0. The lowest BCUT2D eigenvalue weighted by molar-refractivity contribution is -0.200. The largest absolute Gasteiger partial charge is 0.469 e. The number of unbranched alkanes of at least 4 members (excludes halogenated alkanes) is 3. The van der Waals surface area contributed by atoms with Gasteiger partial charge in [0.15, 0.2) is 6.29 Å². The molecule has 6 atom stereocenters. The van der Waals surface area contributed by atoms with E-state index < -0.39 is 19.9 Å². The molecule has 2 N–H and O–H groups in total. The zero-order valence-corrected chi connectivity index (χ0v) is 22.3. The maximum atomic E-state index is 11.7. The smallest absolute Gasteiger partial charge is 0.305 e. The molecular formula is C25H48O6Si. The lowest BCUT2D eigenvalue weighted by atomic mass is 9.88. The Morgan fingerprint density at radius 1 is 1.16 bits per heavy atom. The second-order valence-electron chi connectivity index (χ2n) is 11.5. The number of aliphatic hydroxyl groups excluding tert-OH is 2. The zero-order chi connectivity index (χ0) is 23.9. The first-order chi connectivity index (χ1) is 15.0. The fraction of sp³-hybridized carbons (Fsp3) is 0.960. The van der Waals surface area contributed by atoms with Crippen molar-refractivity contribution in [3.8, 4) is 0 Å². The highest BCUT2D eigenvalue weighted by atomic mass is 28.3. The first-order valence-electron chi connectivity index (χ1n) is 12.7. The van der Waals surface area contributed by atoms with Gasteiger partial charge in [-0.3, -0.25) is 4.79 Å². The van der Waals surface area contributed by atoms with Crippen LogP contribution in [-0.4, -0.2) is 62.2 Å². The molecule has 188 valence electrons. The number of hydrogen-bond donors (Lipinski definition) is 2. The molecule has 0 bridgehead atoms. The van der Waals surface area contributed by atoms with Crippen molar-refractivity contribution in [3.05, 3.63) is 0 Å². The van der Waals surface area contributed by atoms with E-state index in [1.54, 1.807) is 0 Å². The van der Waals surface area contributed by atoms with Crippen molar-refractivity contribution in [2.75, 3.05) is 13.7 Å². The summed E-state index contributed by atoms with van der Waals surface area (Å²) in [5.74, 6) is -0.182. The van der Waals surface area contributed by atoms with Gasteiger partial charge >= 0.3 is 5.97 Å². The summed E-state index contributed by atoms with van der Waals surface area (Å²) < 4.78 is 16.9. The van der Waals surface area contributed by atoms with Gasteiger partial charge in [0.25, 0.3) is 0 Å². The molecule has 1 aliphatic heterocycles. The summed E-state index contributed by atoms with van der Waals surface area (Å²) in [5, 5.41) is 22.8. The van der Waals surface area contributed by atoms with Crippen molar-refractivity contribution in [3.63, 3.8) is 0 Å². The second-order valence-corrected chi connectivity index (χ2v) is 17.0. The molecule has 2 aliphatic rings. The number of carbonyl (C=O) groups is 1. The van der Waals surface area contributed by atoms with Gasteiger partial charge < -0.3 is 24.4 Å². The number of ether oxygens (including phenoxy) is 3. The van der Waals surface area contributed by atoms with Crippen LogP contribution >= 0.6 is 0 Å². The fourth-order valence-corrected chi connectivity index (χ4v) is 7.43. The highest BCUT2D eigenvalue weighted by Crippen LogP contribution is 2.48. The average molecular weight is 473 g/mol. The average Bonchev–Trinajstić information content (AvgIpc) is 3.04. The van der Waals surface area contributed by atoms with E-state index in [-0.39, 0.29) is 35.2 Å². The van der Waals surface area contributed by atoms with Gasteiger partial charge in [0.05, 0.1) is 33.1 Å². The molecule has 6 nitrogen and oxygen atoms in total. The number of esters is 1. The molecule has 0 amide bonds. The van der Waals surface area contributed by atoms with Gasteiger partial charge in [-0.1, -0.05) is 53.1 Å². The van der Waals surface area contributed by atoms with Crippen LogP contribution in [0.4, 0.5) is 0 Å². The first kappa shape index (κ1) is 27.8. The van der Waals surface area contributed by atoms with Gasteiger partial charge in [-0.05, 0) is 43.1 Å². The summed E-state index contributed by atoms with van der Waals surface area (Å²) in [5.41, 5.74) is -0.447. The Morgan fingerprint density at radius 2 is 1.84 bits per heavy atom. The van der Waals surface area contributed by atoms with Crippen LogP contribution in [0.25, 0.3) is 0 Å². The maximum absolute atomic E-state index is 11.7. The minimum atomic E-state index is -2.06. The summed E-state index contributed by atoms with van der Waals surface area (Å²) in [6, 6.07) is 0. The highest BCUT2D eigenvalue weighted by molar-refractivity contribution is 6.81. The molecule has 0 aromatic carbocycles. The van der Waals surface area contributed by atoms with Crippen molar-refractivity contribution in [2.45, 2.75) is 127 Å². The Labute approximate surface area is 196 Å². The van der Waals surface area contributed by atoms with Gasteiger partial charge in [-0.15, -0.1) is 0 Å². The van der Waals surface area contributed by atoms with Crippen LogP contribution in [0.15, 0.2) is 0 Å². The molecule has 1 saturated heterocycles. The van der Waals surface area contributed by atoms with Crippen molar-refractivity contribution in [1.82, 2.24) is 0 Å². The Balaban J connectivity index is 2.05. The lowest BCUT2D eigenvalue weighted by Gasteiger charge is -2.46. The number of hydrogen-bond acceptors (Lipinski definition) is 6. The summed E-state index contributed by atoms with van der Waals surface area (Å²) in [6.07, 6.45) is 7.95. The topological polar surface area (TPSA) is 85.2 Å². The normalized spacial score (nSPS) is 30.3. The van der Waals surface area contributed by atoms with E-state index in [4.69, 9.17) is 14.2 Å². The van der Waals surface area contributed by atoms with E-state index in [1.807, 2.05) is 0 Å². The highest BCUT2D eigenvalue weighted by Gasteiger charge is 2.54. The van der Waals surface area contributed by atoms with E-state index in [9.17, 15) is 15.0 Å². The van der Waals surface area contributed by atoms with Crippen LogP contribution in [0.5, 0.6) is 0 Å². The summed E-state index contributed by atoms with van der Waals surface area (Å²) in [7, 11) is -0.632. The Bertz CT molecular complexity index is 569. The van der Waals surface area contributed by atoms with E-state index in [2.05, 4.69) is 33.9 Å². The van der Waals surface area contributed by atoms with Crippen LogP contribution in [0, 0.1) is 11.8 Å². The van der Waals surface area contributed by atoms with Crippen LogP contribution in [0.2, 0.25) is 18.1 Å². The third-order valence-electron chi connectivity index (χ3n) is 8.29.